The molecule has 0 bridgehead atoms. The Bertz CT molecular complexity index is 491. The number of amides is 1. The Labute approximate surface area is 123 Å². The van der Waals surface area contributed by atoms with Crippen molar-refractivity contribution in [3.8, 4) is 0 Å². The lowest BCUT2D eigenvalue weighted by Crippen LogP contribution is -2.40. The Morgan fingerprint density at radius 1 is 1.33 bits per heavy atom. The first-order valence-corrected chi connectivity index (χ1v) is 7.42. The monoisotopic (exact) mass is 297 g/mol. The van der Waals surface area contributed by atoms with E-state index in [2.05, 4.69) is 0 Å². The predicted molar refractivity (Wildman–Crippen MR) is 75.7 cm³/mol. The minimum atomic E-state index is -0.874. The normalized spacial score (nSPS) is 18.8. The Hall–Kier alpha value is -1.49. The first-order chi connectivity index (χ1) is 10.1. The summed E-state index contributed by atoms with van der Waals surface area (Å²) in [5.41, 5.74) is 0.631. The molecule has 2 rings (SSSR count). The molecule has 0 aromatic heterocycles. The van der Waals surface area contributed by atoms with Crippen LogP contribution in [-0.2, 0) is 11.2 Å². The molecular weight excluding hydrogens is 276 g/mol. The quantitative estimate of drug-likeness (QED) is 0.907. The third kappa shape index (κ3) is 4.49. The number of rotatable bonds is 5. The highest BCUT2D eigenvalue weighted by Crippen LogP contribution is 2.20. The van der Waals surface area contributed by atoms with Gasteiger partial charge in [0.2, 0.25) is 5.91 Å². The lowest BCUT2D eigenvalue weighted by molar-refractivity contribution is -0.133. The second-order valence-electron chi connectivity index (χ2n) is 5.61. The fourth-order valence-corrected chi connectivity index (χ4v) is 2.81. The van der Waals surface area contributed by atoms with Gasteiger partial charge in [-0.1, -0.05) is 6.07 Å². The topological polar surface area (TPSA) is 40.5 Å². The van der Waals surface area contributed by atoms with Gasteiger partial charge >= 0.3 is 0 Å². The maximum Gasteiger partial charge on any atom is 0.222 e. The molecule has 1 aliphatic heterocycles. The fourth-order valence-electron chi connectivity index (χ4n) is 2.81. The summed E-state index contributed by atoms with van der Waals surface area (Å²) in [6.07, 6.45) is 3.45. The minimum absolute atomic E-state index is 0.0439. The molecule has 1 saturated heterocycles. The number of halogens is 2. The van der Waals surface area contributed by atoms with Crippen LogP contribution in [0.3, 0.4) is 0 Å². The van der Waals surface area contributed by atoms with E-state index in [0.29, 0.717) is 30.9 Å². The molecule has 3 nitrogen and oxygen atoms in total. The van der Waals surface area contributed by atoms with Gasteiger partial charge in [0.15, 0.2) is 11.6 Å². The molecule has 1 amide bonds. The van der Waals surface area contributed by atoms with Crippen LogP contribution >= 0.6 is 0 Å². The molecule has 1 heterocycles. The summed E-state index contributed by atoms with van der Waals surface area (Å²) in [5.74, 6) is -1.33. The number of likely N-dealkylation sites (tertiary alicyclic amines) is 1. The number of benzene rings is 1. The Kier molecular flexibility index (Phi) is 5.67. The number of aliphatic hydroxyl groups is 1. The molecule has 0 radical (unpaired) electrons. The highest BCUT2D eigenvalue weighted by molar-refractivity contribution is 5.76. The molecule has 1 aliphatic rings. The van der Waals surface area contributed by atoms with E-state index in [0.717, 1.165) is 37.9 Å². The van der Waals surface area contributed by atoms with Gasteiger partial charge in [-0.05, 0) is 49.3 Å². The first-order valence-electron chi connectivity index (χ1n) is 7.42. The van der Waals surface area contributed by atoms with E-state index in [9.17, 15) is 13.6 Å². The molecule has 5 heteroatoms. The van der Waals surface area contributed by atoms with Gasteiger partial charge in [0.05, 0.1) is 0 Å². The van der Waals surface area contributed by atoms with Gasteiger partial charge in [-0.2, -0.15) is 0 Å². The van der Waals surface area contributed by atoms with Crippen LogP contribution in [0.2, 0.25) is 0 Å². The summed E-state index contributed by atoms with van der Waals surface area (Å²) >= 11 is 0. The van der Waals surface area contributed by atoms with E-state index in [-0.39, 0.29) is 12.5 Å². The molecule has 1 aromatic carbocycles. The summed E-state index contributed by atoms with van der Waals surface area (Å²) in [6, 6.07) is 3.75. The van der Waals surface area contributed by atoms with Crippen LogP contribution in [0.25, 0.3) is 0 Å². The van der Waals surface area contributed by atoms with Crippen LogP contribution in [0.5, 0.6) is 0 Å². The lowest BCUT2D eigenvalue weighted by atomic mass is 9.95. The third-order valence-corrected chi connectivity index (χ3v) is 4.02. The van der Waals surface area contributed by atoms with Gasteiger partial charge in [0.1, 0.15) is 0 Å². The average Bonchev–Trinajstić information content (AvgIpc) is 2.49. The highest BCUT2D eigenvalue weighted by atomic mass is 19.2. The molecule has 0 aliphatic carbocycles. The molecule has 21 heavy (non-hydrogen) atoms. The van der Waals surface area contributed by atoms with Gasteiger partial charge in [0.25, 0.3) is 0 Å². The number of piperidine rings is 1. The van der Waals surface area contributed by atoms with Crippen LogP contribution in [0, 0.1) is 17.6 Å². The molecule has 0 saturated carbocycles. The number of carbonyl (C=O) groups is 1. The van der Waals surface area contributed by atoms with E-state index < -0.39 is 11.6 Å². The van der Waals surface area contributed by atoms with Crippen molar-refractivity contribution in [3.63, 3.8) is 0 Å². The molecule has 1 atom stereocenters. The standard InChI is InChI=1S/C16H21F2NO2/c17-14-5-3-12(10-15(14)18)4-6-16(21)19-8-1-2-13(11-19)7-9-20/h3,5,10,13,20H,1-2,4,6-9,11H2. The van der Waals surface area contributed by atoms with Gasteiger partial charge in [0, 0.05) is 26.1 Å². The fraction of sp³-hybridized carbons (Fsp3) is 0.562. The predicted octanol–water partition coefficient (Wildman–Crippen LogP) is 2.52. The summed E-state index contributed by atoms with van der Waals surface area (Å²) in [7, 11) is 0. The smallest absolute Gasteiger partial charge is 0.222 e. The van der Waals surface area contributed by atoms with Crippen molar-refractivity contribution in [1.82, 2.24) is 4.90 Å². The maximum atomic E-state index is 13.1. The Balaban J connectivity index is 1.84. The maximum absolute atomic E-state index is 13.1. The minimum Gasteiger partial charge on any atom is -0.396 e. The van der Waals surface area contributed by atoms with Crippen LogP contribution in [-0.4, -0.2) is 35.6 Å². The Morgan fingerprint density at radius 3 is 2.86 bits per heavy atom. The number of hydrogen-bond acceptors (Lipinski definition) is 2. The molecule has 1 N–H and O–H groups in total. The van der Waals surface area contributed by atoms with Gasteiger partial charge in [-0.15, -0.1) is 0 Å². The van der Waals surface area contributed by atoms with E-state index in [4.69, 9.17) is 5.11 Å². The number of aryl methyl sites for hydroxylation is 1. The largest absolute Gasteiger partial charge is 0.396 e. The van der Waals surface area contributed by atoms with Crippen LogP contribution in [0.1, 0.15) is 31.2 Å². The van der Waals surface area contributed by atoms with Crippen molar-refractivity contribution in [2.24, 2.45) is 5.92 Å². The van der Waals surface area contributed by atoms with Crippen molar-refractivity contribution in [2.45, 2.75) is 32.1 Å². The molecule has 1 unspecified atom stereocenters. The molecule has 116 valence electrons. The van der Waals surface area contributed by atoms with E-state index in [1.165, 1.54) is 6.07 Å². The van der Waals surface area contributed by atoms with Crippen molar-refractivity contribution >= 4 is 5.91 Å². The van der Waals surface area contributed by atoms with Gasteiger partial charge in [-0.25, -0.2) is 8.78 Å². The summed E-state index contributed by atoms with van der Waals surface area (Å²) in [6.45, 7) is 1.59. The summed E-state index contributed by atoms with van der Waals surface area (Å²) in [4.78, 5) is 14.0. The molecular formula is C16H21F2NO2. The molecule has 1 fully saturated rings. The van der Waals surface area contributed by atoms with Gasteiger partial charge < -0.3 is 10.0 Å². The lowest BCUT2D eigenvalue weighted by Gasteiger charge is -2.32. The highest BCUT2D eigenvalue weighted by Gasteiger charge is 2.22. The average molecular weight is 297 g/mol. The summed E-state index contributed by atoms with van der Waals surface area (Å²) < 4.78 is 25.9. The zero-order valence-corrected chi connectivity index (χ0v) is 12.0. The van der Waals surface area contributed by atoms with Crippen LogP contribution < -0.4 is 0 Å². The van der Waals surface area contributed by atoms with Crippen LogP contribution in [0.4, 0.5) is 8.78 Å². The summed E-state index contributed by atoms with van der Waals surface area (Å²) in [5, 5.41) is 8.97. The third-order valence-electron chi connectivity index (χ3n) is 4.02. The first kappa shape index (κ1) is 15.9. The molecule has 1 aromatic rings. The van der Waals surface area contributed by atoms with E-state index in [1.807, 2.05) is 4.90 Å². The number of hydrogen-bond donors (Lipinski definition) is 1. The zero-order chi connectivity index (χ0) is 15.2. The van der Waals surface area contributed by atoms with E-state index >= 15 is 0 Å². The second-order valence-corrected chi connectivity index (χ2v) is 5.61. The second kappa shape index (κ2) is 7.50. The van der Waals surface area contributed by atoms with Crippen molar-refractivity contribution < 1.29 is 18.7 Å². The Morgan fingerprint density at radius 2 is 2.14 bits per heavy atom. The van der Waals surface area contributed by atoms with Gasteiger partial charge in [-0.3, -0.25) is 4.79 Å². The SMILES string of the molecule is O=C(CCc1ccc(F)c(F)c1)N1CCCC(CCO)C1. The van der Waals surface area contributed by atoms with E-state index in [1.54, 1.807) is 0 Å². The van der Waals surface area contributed by atoms with Crippen molar-refractivity contribution in [1.29, 1.82) is 0 Å². The zero-order valence-electron chi connectivity index (χ0n) is 12.0. The number of nitrogens with zero attached hydrogens (tertiary/aromatic N) is 1. The van der Waals surface area contributed by atoms with Crippen molar-refractivity contribution in [3.05, 3.63) is 35.4 Å². The van der Waals surface area contributed by atoms with Crippen LogP contribution in [0.15, 0.2) is 18.2 Å². The van der Waals surface area contributed by atoms with Crippen molar-refractivity contribution in [2.75, 3.05) is 19.7 Å². The molecule has 0 spiro atoms. The number of carbonyl (C=O) groups excluding carboxylic acids is 1. The number of aliphatic hydroxyl groups excluding tert-OH is 1.